The van der Waals surface area contributed by atoms with Gasteiger partial charge in [-0.25, -0.2) is 0 Å². The third-order valence-corrected chi connectivity index (χ3v) is 4.42. The Balaban J connectivity index is 2.36. The van der Waals surface area contributed by atoms with Gasteiger partial charge in [0.05, 0.1) is 17.7 Å². The largest absolute Gasteiger partial charge is 0.365 e. The highest BCUT2D eigenvalue weighted by Gasteiger charge is 2.23. The predicted molar refractivity (Wildman–Crippen MR) is 85.0 cm³/mol. The van der Waals surface area contributed by atoms with Crippen LogP contribution in [0.25, 0.3) is 0 Å². The first-order valence-corrected chi connectivity index (χ1v) is 7.39. The topological polar surface area (TPSA) is 53.0 Å². The summed E-state index contributed by atoms with van der Waals surface area (Å²) in [7, 11) is 2.03. The third-order valence-electron chi connectivity index (χ3n) is 3.35. The van der Waals surface area contributed by atoms with E-state index in [2.05, 4.69) is 30.0 Å². The zero-order chi connectivity index (χ0) is 14.7. The minimum Gasteiger partial charge on any atom is -0.365 e. The van der Waals surface area contributed by atoms with E-state index < -0.39 is 0 Å². The number of nitriles is 1. The van der Waals surface area contributed by atoms with Crippen molar-refractivity contribution in [1.29, 1.82) is 5.26 Å². The third kappa shape index (κ3) is 3.01. The minimum atomic E-state index is 0.00351. The molecule has 3 nitrogen and oxygen atoms in total. The Morgan fingerprint density at radius 3 is 2.60 bits per heavy atom. The molecule has 0 fully saturated rings. The van der Waals surface area contributed by atoms with Crippen molar-refractivity contribution in [3.63, 3.8) is 0 Å². The quantitative estimate of drug-likeness (QED) is 0.936. The standard InChI is InChI=1S/C16H19N3S/c1-11-7-8-15(20-11)16(12(2)18)19(3)14-6-4-5-13(9-14)10-17/h4-9,12,16H,18H2,1-3H3. The Morgan fingerprint density at radius 1 is 1.30 bits per heavy atom. The van der Waals surface area contributed by atoms with Crippen LogP contribution >= 0.6 is 11.3 Å². The molecule has 0 saturated carbocycles. The number of hydrogen-bond donors (Lipinski definition) is 1. The molecular weight excluding hydrogens is 266 g/mol. The van der Waals surface area contributed by atoms with Gasteiger partial charge in [0.25, 0.3) is 0 Å². The van der Waals surface area contributed by atoms with Crippen LogP contribution in [0.15, 0.2) is 36.4 Å². The first-order valence-electron chi connectivity index (χ1n) is 6.58. The van der Waals surface area contributed by atoms with E-state index in [-0.39, 0.29) is 12.1 Å². The Morgan fingerprint density at radius 2 is 2.05 bits per heavy atom. The van der Waals surface area contributed by atoms with Gasteiger partial charge in [-0.15, -0.1) is 11.3 Å². The van der Waals surface area contributed by atoms with E-state index in [1.807, 2.05) is 38.2 Å². The van der Waals surface area contributed by atoms with Crippen LogP contribution in [0.2, 0.25) is 0 Å². The van der Waals surface area contributed by atoms with Gasteiger partial charge in [0.1, 0.15) is 0 Å². The summed E-state index contributed by atoms with van der Waals surface area (Å²) in [5, 5.41) is 9.02. The molecular formula is C16H19N3S. The number of likely N-dealkylation sites (N-methyl/N-ethyl adjacent to an activating group) is 1. The fourth-order valence-electron chi connectivity index (χ4n) is 2.37. The van der Waals surface area contributed by atoms with E-state index in [1.54, 1.807) is 11.3 Å². The summed E-state index contributed by atoms with van der Waals surface area (Å²) in [6, 6.07) is 14.2. The van der Waals surface area contributed by atoms with Crippen LogP contribution in [0.5, 0.6) is 0 Å². The highest BCUT2D eigenvalue weighted by Crippen LogP contribution is 2.32. The van der Waals surface area contributed by atoms with Crippen molar-refractivity contribution in [3.8, 4) is 6.07 Å². The summed E-state index contributed by atoms with van der Waals surface area (Å²) < 4.78 is 0. The van der Waals surface area contributed by atoms with Crippen molar-refractivity contribution in [2.45, 2.75) is 25.9 Å². The minimum absolute atomic E-state index is 0.00351. The number of hydrogen-bond acceptors (Lipinski definition) is 4. The van der Waals surface area contributed by atoms with Crippen LogP contribution < -0.4 is 10.6 Å². The van der Waals surface area contributed by atoms with E-state index in [0.717, 1.165) is 5.69 Å². The van der Waals surface area contributed by atoms with Crippen LogP contribution in [-0.2, 0) is 0 Å². The van der Waals surface area contributed by atoms with Gasteiger partial charge in [0.15, 0.2) is 0 Å². The smallest absolute Gasteiger partial charge is 0.0992 e. The van der Waals surface area contributed by atoms with Crippen LogP contribution in [0.3, 0.4) is 0 Å². The van der Waals surface area contributed by atoms with Gasteiger partial charge < -0.3 is 10.6 Å². The predicted octanol–water partition coefficient (Wildman–Crippen LogP) is 3.45. The first kappa shape index (κ1) is 14.6. The number of rotatable bonds is 4. The van der Waals surface area contributed by atoms with Gasteiger partial charge in [0, 0.05) is 28.5 Å². The van der Waals surface area contributed by atoms with Crippen molar-refractivity contribution in [1.82, 2.24) is 0 Å². The van der Waals surface area contributed by atoms with Crippen LogP contribution in [0, 0.1) is 18.3 Å². The molecule has 20 heavy (non-hydrogen) atoms. The average Bonchev–Trinajstić information content (AvgIpc) is 2.84. The van der Waals surface area contributed by atoms with E-state index in [9.17, 15) is 0 Å². The highest BCUT2D eigenvalue weighted by molar-refractivity contribution is 7.12. The molecule has 0 spiro atoms. The first-order chi connectivity index (χ1) is 9.52. The van der Waals surface area contributed by atoms with E-state index in [4.69, 9.17) is 11.0 Å². The van der Waals surface area contributed by atoms with E-state index in [1.165, 1.54) is 9.75 Å². The molecule has 2 N–H and O–H groups in total. The summed E-state index contributed by atoms with van der Waals surface area (Å²) in [5.41, 5.74) is 7.87. The van der Waals surface area contributed by atoms with Crippen molar-refractivity contribution < 1.29 is 0 Å². The van der Waals surface area contributed by atoms with Crippen molar-refractivity contribution >= 4 is 17.0 Å². The molecule has 4 heteroatoms. The summed E-state index contributed by atoms with van der Waals surface area (Å²) in [5.74, 6) is 0. The molecule has 0 radical (unpaired) electrons. The molecule has 2 unspecified atom stereocenters. The monoisotopic (exact) mass is 285 g/mol. The number of thiophene rings is 1. The molecule has 2 rings (SSSR count). The van der Waals surface area contributed by atoms with Crippen LogP contribution in [-0.4, -0.2) is 13.1 Å². The van der Waals surface area contributed by atoms with Crippen LogP contribution in [0.1, 0.15) is 28.3 Å². The molecule has 0 bridgehead atoms. The van der Waals surface area contributed by atoms with Crippen molar-refractivity contribution in [3.05, 3.63) is 51.7 Å². The lowest BCUT2D eigenvalue weighted by Gasteiger charge is -2.32. The number of nitrogens with zero attached hydrogens (tertiary/aromatic N) is 2. The normalized spacial score (nSPS) is 13.6. The van der Waals surface area contributed by atoms with E-state index in [0.29, 0.717) is 5.56 Å². The molecule has 1 heterocycles. The molecule has 1 aromatic heterocycles. The zero-order valence-corrected chi connectivity index (χ0v) is 12.8. The molecule has 0 aliphatic rings. The lowest BCUT2D eigenvalue weighted by Crippen LogP contribution is -2.36. The molecule has 2 aromatic rings. The molecule has 0 aliphatic heterocycles. The second kappa shape index (κ2) is 6.08. The van der Waals surface area contributed by atoms with Gasteiger partial charge in [-0.1, -0.05) is 6.07 Å². The van der Waals surface area contributed by atoms with Gasteiger partial charge in [-0.05, 0) is 44.2 Å². The summed E-state index contributed by atoms with van der Waals surface area (Å²) in [4.78, 5) is 4.68. The SMILES string of the molecule is Cc1ccc(C(C(C)N)N(C)c2cccc(C#N)c2)s1. The van der Waals surface area contributed by atoms with Gasteiger partial charge in [-0.3, -0.25) is 0 Å². The average molecular weight is 285 g/mol. The lowest BCUT2D eigenvalue weighted by molar-refractivity contribution is 0.566. The Kier molecular flexibility index (Phi) is 4.43. The summed E-state index contributed by atoms with van der Waals surface area (Å²) in [6.07, 6.45) is 0. The van der Waals surface area contributed by atoms with Crippen molar-refractivity contribution in [2.24, 2.45) is 5.73 Å². The zero-order valence-electron chi connectivity index (χ0n) is 12.0. The fourth-order valence-corrected chi connectivity index (χ4v) is 3.51. The molecule has 1 aromatic carbocycles. The maximum Gasteiger partial charge on any atom is 0.0992 e. The van der Waals surface area contributed by atoms with Gasteiger partial charge in [-0.2, -0.15) is 5.26 Å². The Labute approximate surface area is 124 Å². The fraction of sp³-hybridized carbons (Fsp3) is 0.312. The molecule has 0 amide bonds. The number of nitrogens with two attached hydrogens (primary N) is 1. The number of anilines is 1. The molecule has 2 atom stereocenters. The number of aryl methyl sites for hydroxylation is 1. The maximum absolute atomic E-state index is 9.02. The number of benzene rings is 1. The summed E-state index contributed by atoms with van der Waals surface area (Å²) in [6.45, 7) is 4.12. The van der Waals surface area contributed by atoms with Gasteiger partial charge in [0.2, 0.25) is 0 Å². The lowest BCUT2D eigenvalue weighted by atomic mass is 10.1. The Bertz CT molecular complexity index is 625. The van der Waals surface area contributed by atoms with Crippen molar-refractivity contribution in [2.75, 3.05) is 11.9 Å². The second-order valence-corrected chi connectivity index (χ2v) is 6.34. The highest BCUT2D eigenvalue weighted by atomic mass is 32.1. The van der Waals surface area contributed by atoms with Gasteiger partial charge >= 0.3 is 0 Å². The second-order valence-electron chi connectivity index (χ2n) is 5.03. The Hall–Kier alpha value is -1.83. The molecule has 0 aliphatic carbocycles. The molecule has 0 saturated heterocycles. The summed E-state index contributed by atoms with van der Waals surface area (Å²) >= 11 is 1.77. The van der Waals surface area contributed by atoms with E-state index >= 15 is 0 Å². The maximum atomic E-state index is 9.02. The van der Waals surface area contributed by atoms with Crippen LogP contribution in [0.4, 0.5) is 5.69 Å². The molecule has 104 valence electrons.